The zero-order valence-corrected chi connectivity index (χ0v) is 11.1. The number of nitrogens with one attached hydrogen (secondary N) is 1. The molecular weight excluding hydrogens is 240 g/mol. The van der Waals surface area contributed by atoms with Crippen molar-refractivity contribution in [3.63, 3.8) is 0 Å². The van der Waals surface area contributed by atoms with E-state index in [0.29, 0.717) is 17.5 Å². The number of carbonyl (C=O) groups is 1. The summed E-state index contributed by atoms with van der Waals surface area (Å²) in [7, 11) is 0. The molecule has 1 amide bonds. The van der Waals surface area contributed by atoms with Crippen LogP contribution in [0.2, 0.25) is 0 Å². The lowest BCUT2D eigenvalue weighted by Crippen LogP contribution is -2.51. The molecule has 1 aliphatic carbocycles. The quantitative estimate of drug-likeness (QED) is 0.807. The predicted octanol–water partition coefficient (Wildman–Crippen LogP) is 1.49. The van der Waals surface area contributed by atoms with Crippen molar-refractivity contribution >= 4 is 5.91 Å². The molecule has 1 aromatic rings. The number of carbonyl (C=O) groups excluding carboxylic acids is 1. The van der Waals surface area contributed by atoms with Crippen molar-refractivity contribution in [2.45, 2.75) is 38.1 Å². The van der Waals surface area contributed by atoms with Crippen molar-refractivity contribution in [1.29, 1.82) is 0 Å². The molecule has 2 N–H and O–H groups in total. The summed E-state index contributed by atoms with van der Waals surface area (Å²) in [4.78, 5) is 16.2. The summed E-state index contributed by atoms with van der Waals surface area (Å²) < 4.78 is 0. The van der Waals surface area contributed by atoms with Crippen LogP contribution < -0.4 is 5.32 Å². The van der Waals surface area contributed by atoms with Gasteiger partial charge in [-0.15, -0.1) is 0 Å². The molecule has 100 valence electrons. The van der Waals surface area contributed by atoms with Gasteiger partial charge in [-0.2, -0.15) is 0 Å². The van der Waals surface area contributed by atoms with Crippen LogP contribution in [0.4, 0.5) is 0 Å². The third kappa shape index (κ3) is 3.33. The van der Waals surface area contributed by atoms with Gasteiger partial charge in [-0.05, 0) is 32.3 Å². The summed E-state index contributed by atoms with van der Waals surface area (Å²) in [6.07, 6.45) is 6.78. The minimum Gasteiger partial charge on any atom is -0.395 e. The van der Waals surface area contributed by atoms with Gasteiger partial charge in [0.05, 0.1) is 17.7 Å². The summed E-state index contributed by atoms with van der Waals surface area (Å²) in [6, 6.07) is 1.68. The molecule has 4 heteroatoms. The summed E-state index contributed by atoms with van der Waals surface area (Å²) >= 11 is 0. The highest BCUT2D eigenvalue weighted by Crippen LogP contribution is 2.31. The second kappa shape index (κ2) is 5.85. The van der Waals surface area contributed by atoms with Gasteiger partial charge in [0, 0.05) is 24.4 Å². The normalized spacial score (nSPS) is 15.9. The topological polar surface area (TPSA) is 62.2 Å². The fourth-order valence-corrected chi connectivity index (χ4v) is 2.08. The lowest BCUT2D eigenvalue weighted by molar-refractivity contribution is 0.0850. The minimum absolute atomic E-state index is 0.0207. The maximum Gasteiger partial charge on any atom is 0.253 e. The molecule has 19 heavy (non-hydrogen) atoms. The number of pyridine rings is 1. The molecule has 1 fully saturated rings. The number of hydrogen-bond acceptors (Lipinski definition) is 3. The molecule has 2 rings (SSSR count). The van der Waals surface area contributed by atoms with E-state index in [4.69, 9.17) is 5.11 Å². The summed E-state index contributed by atoms with van der Waals surface area (Å²) in [5.74, 6) is 5.60. The van der Waals surface area contributed by atoms with Crippen LogP contribution >= 0.6 is 0 Å². The van der Waals surface area contributed by atoms with Gasteiger partial charge in [0.1, 0.15) is 0 Å². The average Bonchev–Trinajstić information content (AvgIpc) is 2.37. The minimum atomic E-state index is -0.0992. The first-order valence-corrected chi connectivity index (χ1v) is 6.51. The van der Waals surface area contributed by atoms with Crippen LogP contribution in [0.1, 0.15) is 48.5 Å². The van der Waals surface area contributed by atoms with Crippen LogP contribution in [0.25, 0.3) is 0 Å². The molecule has 0 saturated heterocycles. The second-order valence-corrected chi connectivity index (χ2v) is 5.06. The third-order valence-corrected chi connectivity index (χ3v) is 3.40. The Balaban J connectivity index is 2.15. The average molecular weight is 258 g/mol. The Bertz CT molecular complexity index is 524. The lowest BCUT2D eigenvalue weighted by atomic mass is 9.78. The molecule has 4 nitrogen and oxygen atoms in total. The molecule has 1 saturated carbocycles. The number of aliphatic hydroxyl groups excluding tert-OH is 1. The molecule has 0 unspecified atom stereocenters. The first-order valence-electron chi connectivity index (χ1n) is 6.51. The number of amides is 1. The Kier molecular flexibility index (Phi) is 4.18. The van der Waals surface area contributed by atoms with E-state index >= 15 is 0 Å². The lowest BCUT2D eigenvalue weighted by Gasteiger charge is -2.39. The van der Waals surface area contributed by atoms with E-state index in [1.165, 1.54) is 0 Å². The summed E-state index contributed by atoms with van der Waals surface area (Å²) in [6.45, 7) is 2.08. The molecule has 0 spiro atoms. The number of aliphatic hydroxyl groups is 1. The smallest absolute Gasteiger partial charge is 0.253 e. The van der Waals surface area contributed by atoms with Crippen molar-refractivity contribution < 1.29 is 9.90 Å². The Hall–Kier alpha value is -1.86. The van der Waals surface area contributed by atoms with Crippen LogP contribution in [-0.2, 0) is 0 Å². The van der Waals surface area contributed by atoms with Gasteiger partial charge >= 0.3 is 0 Å². The van der Waals surface area contributed by atoms with Crippen molar-refractivity contribution in [2.24, 2.45) is 0 Å². The number of nitrogens with zero attached hydrogens (tertiary/aromatic N) is 1. The van der Waals surface area contributed by atoms with Gasteiger partial charge < -0.3 is 10.4 Å². The standard InChI is InChI=1S/C15H18N2O2/c1-15(7-4-8-15)17-14(19)13-6-9-16-11-12(13)5-2-3-10-18/h6,9,11,18H,3-4,7-8,10H2,1H3,(H,17,19). The van der Waals surface area contributed by atoms with Crippen LogP contribution in [-0.4, -0.2) is 28.1 Å². The zero-order valence-electron chi connectivity index (χ0n) is 11.1. The highest BCUT2D eigenvalue weighted by Gasteiger charge is 2.33. The van der Waals surface area contributed by atoms with E-state index in [1.807, 2.05) is 0 Å². The van der Waals surface area contributed by atoms with Crippen molar-refractivity contribution in [3.05, 3.63) is 29.6 Å². The Morgan fingerprint density at radius 1 is 1.58 bits per heavy atom. The first-order chi connectivity index (χ1) is 9.14. The third-order valence-electron chi connectivity index (χ3n) is 3.40. The second-order valence-electron chi connectivity index (χ2n) is 5.06. The number of hydrogen-bond donors (Lipinski definition) is 2. The van der Waals surface area contributed by atoms with E-state index < -0.39 is 0 Å². The Labute approximate surface area is 113 Å². The molecule has 1 aromatic heterocycles. The Morgan fingerprint density at radius 3 is 3.00 bits per heavy atom. The summed E-state index contributed by atoms with van der Waals surface area (Å²) in [5.41, 5.74) is 1.08. The molecular formula is C15H18N2O2. The van der Waals surface area contributed by atoms with Crippen LogP contribution in [0.3, 0.4) is 0 Å². The fraction of sp³-hybridized carbons (Fsp3) is 0.467. The fourth-order valence-electron chi connectivity index (χ4n) is 2.08. The molecule has 0 aliphatic heterocycles. The molecule has 1 aliphatic rings. The van der Waals surface area contributed by atoms with E-state index in [1.54, 1.807) is 18.5 Å². The first kappa shape index (κ1) is 13.6. The van der Waals surface area contributed by atoms with Crippen LogP contribution in [0.5, 0.6) is 0 Å². The van der Waals surface area contributed by atoms with Gasteiger partial charge in [0.25, 0.3) is 5.91 Å². The van der Waals surface area contributed by atoms with Gasteiger partial charge in [0.15, 0.2) is 0 Å². The van der Waals surface area contributed by atoms with Gasteiger partial charge in [-0.1, -0.05) is 11.8 Å². The van der Waals surface area contributed by atoms with Gasteiger partial charge in [-0.25, -0.2) is 0 Å². The van der Waals surface area contributed by atoms with Crippen LogP contribution in [0.15, 0.2) is 18.5 Å². The number of rotatable bonds is 3. The van der Waals surface area contributed by atoms with E-state index in [0.717, 1.165) is 19.3 Å². The SMILES string of the molecule is CC1(NC(=O)c2ccncc2C#CCCO)CCC1. The highest BCUT2D eigenvalue weighted by atomic mass is 16.2. The van der Waals surface area contributed by atoms with Gasteiger partial charge in [0.2, 0.25) is 0 Å². The molecule has 0 radical (unpaired) electrons. The Morgan fingerprint density at radius 2 is 2.37 bits per heavy atom. The maximum atomic E-state index is 12.3. The van der Waals surface area contributed by atoms with Crippen LogP contribution in [0, 0.1) is 11.8 Å². The predicted molar refractivity (Wildman–Crippen MR) is 72.5 cm³/mol. The number of aromatic nitrogens is 1. The molecule has 0 bridgehead atoms. The van der Waals surface area contributed by atoms with Gasteiger partial charge in [-0.3, -0.25) is 9.78 Å². The van der Waals surface area contributed by atoms with E-state index in [2.05, 4.69) is 29.1 Å². The summed E-state index contributed by atoms with van der Waals surface area (Å²) in [5, 5.41) is 11.8. The largest absolute Gasteiger partial charge is 0.395 e. The van der Waals surface area contributed by atoms with Crippen molar-refractivity contribution in [3.8, 4) is 11.8 Å². The van der Waals surface area contributed by atoms with Crippen molar-refractivity contribution in [1.82, 2.24) is 10.3 Å². The maximum absolute atomic E-state index is 12.3. The molecule has 0 atom stereocenters. The van der Waals surface area contributed by atoms with E-state index in [9.17, 15) is 4.79 Å². The van der Waals surface area contributed by atoms with Crippen molar-refractivity contribution in [2.75, 3.05) is 6.61 Å². The van der Waals surface area contributed by atoms with E-state index in [-0.39, 0.29) is 18.1 Å². The zero-order chi connectivity index (χ0) is 13.7. The molecule has 0 aromatic carbocycles. The monoisotopic (exact) mass is 258 g/mol. The molecule has 1 heterocycles. The highest BCUT2D eigenvalue weighted by molar-refractivity contribution is 5.97.